The molecule has 4 nitrogen and oxygen atoms in total. The molecule has 1 aliphatic rings. The van der Waals surface area contributed by atoms with Crippen molar-refractivity contribution in [3.63, 3.8) is 0 Å². The first-order chi connectivity index (χ1) is 15.1. The highest BCUT2D eigenvalue weighted by atomic mass is 35.5. The Balaban J connectivity index is 1.49. The smallest absolute Gasteiger partial charge is 0.310 e. The van der Waals surface area contributed by atoms with E-state index in [-0.39, 0.29) is 17.8 Å². The van der Waals surface area contributed by atoms with Gasteiger partial charge in [0.2, 0.25) is 0 Å². The summed E-state index contributed by atoms with van der Waals surface area (Å²) in [5.41, 5.74) is 2.42. The van der Waals surface area contributed by atoms with E-state index in [9.17, 15) is 4.79 Å². The van der Waals surface area contributed by atoms with Crippen molar-refractivity contribution in [2.45, 2.75) is 32.1 Å². The van der Waals surface area contributed by atoms with Gasteiger partial charge in [-0.1, -0.05) is 47.5 Å². The van der Waals surface area contributed by atoms with E-state index in [2.05, 4.69) is 29.2 Å². The fourth-order valence-electron chi connectivity index (χ4n) is 4.12. The molecule has 1 atom stereocenters. The van der Waals surface area contributed by atoms with E-state index in [1.807, 2.05) is 31.2 Å². The molecule has 0 saturated carbocycles. The number of hydrogen-bond donors (Lipinski definition) is 0. The summed E-state index contributed by atoms with van der Waals surface area (Å²) in [5, 5.41) is 1.47. The second kappa shape index (κ2) is 12.4. The minimum absolute atomic E-state index is 0.00658. The van der Waals surface area contributed by atoms with Gasteiger partial charge in [-0.05, 0) is 68.1 Å². The van der Waals surface area contributed by atoms with Crippen LogP contribution in [0.4, 0.5) is 0 Å². The number of halogens is 2. The van der Waals surface area contributed by atoms with Crippen LogP contribution >= 0.6 is 23.2 Å². The maximum Gasteiger partial charge on any atom is 0.310 e. The molecular weight excluding hydrogens is 433 g/mol. The second-order valence-electron chi connectivity index (χ2n) is 7.95. The van der Waals surface area contributed by atoms with Crippen LogP contribution in [0, 0.1) is 5.92 Å². The van der Waals surface area contributed by atoms with Gasteiger partial charge in [-0.2, -0.15) is 0 Å². The lowest BCUT2D eigenvalue weighted by atomic mass is 9.89. The summed E-state index contributed by atoms with van der Waals surface area (Å²) in [6, 6.07) is 16.0. The van der Waals surface area contributed by atoms with Crippen molar-refractivity contribution in [1.82, 2.24) is 4.90 Å². The number of nitrogens with zero attached hydrogens (tertiary/aromatic N) is 1. The van der Waals surface area contributed by atoms with E-state index in [1.165, 1.54) is 11.1 Å². The molecule has 2 aromatic carbocycles. The number of rotatable bonds is 10. The number of esters is 1. The molecule has 1 unspecified atom stereocenters. The van der Waals surface area contributed by atoms with Crippen molar-refractivity contribution in [1.29, 1.82) is 0 Å². The number of hydrogen-bond acceptors (Lipinski definition) is 4. The Morgan fingerprint density at radius 2 is 1.65 bits per heavy atom. The molecule has 31 heavy (non-hydrogen) atoms. The highest BCUT2D eigenvalue weighted by molar-refractivity contribution is 6.30. The molecule has 1 aliphatic heterocycles. The zero-order valence-corrected chi connectivity index (χ0v) is 19.6. The zero-order chi connectivity index (χ0) is 22.1. The van der Waals surface area contributed by atoms with E-state index < -0.39 is 0 Å². The van der Waals surface area contributed by atoms with Crippen molar-refractivity contribution >= 4 is 29.2 Å². The monoisotopic (exact) mass is 463 g/mol. The summed E-state index contributed by atoms with van der Waals surface area (Å²) < 4.78 is 11.2. The first-order valence-electron chi connectivity index (χ1n) is 11.0. The highest BCUT2D eigenvalue weighted by Gasteiger charge is 2.26. The molecular formula is C25H31Cl2NO3. The lowest BCUT2D eigenvalue weighted by Gasteiger charge is -2.31. The molecule has 1 saturated heterocycles. The fraction of sp³-hybridized carbons (Fsp3) is 0.480. The normalized spacial score (nSPS) is 17.1. The van der Waals surface area contributed by atoms with Gasteiger partial charge in [0.05, 0.1) is 19.1 Å². The predicted molar refractivity (Wildman–Crippen MR) is 126 cm³/mol. The van der Waals surface area contributed by atoms with Crippen LogP contribution in [0.25, 0.3) is 0 Å². The molecule has 3 rings (SSSR count). The Morgan fingerprint density at radius 1 is 1.03 bits per heavy atom. The Bertz CT molecular complexity index is 765. The second-order valence-corrected chi connectivity index (χ2v) is 8.82. The summed E-state index contributed by atoms with van der Waals surface area (Å²) in [4.78, 5) is 14.3. The van der Waals surface area contributed by atoms with E-state index in [4.69, 9.17) is 32.7 Å². The van der Waals surface area contributed by atoms with Crippen LogP contribution in [0.15, 0.2) is 48.5 Å². The summed E-state index contributed by atoms with van der Waals surface area (Å²) in [6.07, 6.45) is 2.81. The molecule has 0 amide bonds. The molecule has 0 aliphatic carbocycles. The summed E-state index contributed by atoms with van der Waals surface area (Å²) >= 11 is 12.1. The zero-order valence-electron chi connectivity index (χ0n) is 18.1. The van der Waals surface area contributed by atoms with Crippen LogP contribution in [-0.2, 0) is 14.3 Å². The summed E-state index contributed by atoms with van der Waals surface area (Å²) in [5.74, 6) is 0.146. The molecule has 0 aromatic heterocycles. The molecule has 0 bridgehead atoms. The van der Waals surface area contributed by atoms with Crippen molar-refractivity contribution < 1.29 is 14.3 Å². The Labute approximate surface area is 195 Å². The number of carbonyl (C=O) groups excluding carboxylic acids is 1. The van der Waals surface area contributed by atoms with Gasteiger partial charge in [-0.25, -0.2) is 0 Å². The fourth-order valence-corrected chi connectivity index (χ4v) is 4.38. The van der Waals surface area contributed by atoms with Crippen molar-refractivity contribution in [2.75, 3.05) is 39.5 Å². The van der Waals surface area contributed by atoms with Gasteiger partial charge in [0.25, 0.3) is 0 Å². The third kappa shape index (κ3) is 7.50. The summed E-state index contributed by atoms with van der Waals surface area (Å²) in [7, 11) is 0. The topological polar surface area (TPSA) is 38.8 Å². The standard InChI is InChI=1S/C25H31Cl2NO3/c1-2-31-25(29)21-4-3-14-28(18-21)15-17-30-16-13-24(19-5-9-22(26)10-6-19)20-7-11-23(27)12-8-20/h5-12,21,24H,2-4,13-18H2,1H3. The van der Waals surface area contributed by atoms with Gasteiger partial charge in [0, 0.05) is 35.7 Å². The Hall–Kier alpha value is -1.59. The average molecular weight is 464 g/mol. The average Bonchev–Trinajstić information content (AvgIpc) is 2.78. The maximum absolute atomic E-state index is 12.0. The van der Waals surface area contributed by atoms with Crippen LogP contribution in [-0.4, -0.2) is 50.3 Å². The van der Waals surface area contributed by atoms with Crippen LogP contribution in [0.3, 0.4) is 0 Å². The number of benzene rings is 2. The largest absolute Gasteiger partial charge is 0.466 e. The number of ether oxygens (including phenoxy) is 2. The predicted octanol–water partition coefficient (Wildman–Crippen LogP) is 5.81. The van der Waals surface area contributed by atoms with Crippen molar-refractivity contribution in [3.05, 3.63) is 69.7 Å². The Kier molecular flexibility index (Phi) is 9.66. The van der Waals surface area contributed by atoms with Crippen molar-refractivity contribution in [2.24, 2.45) is 5.92 Å². The van der Waals surface area contributed by atoms with Gasteiger partial charge < -0.3 is 14.4 Å². The molecule has 6 heteroatoms. The third-order valence-corrected chi connectivity index (χ3v) is 6.28. The third-order valence-electron chi connectivity index (χ3n) is 5.77. The molecule has 2 aromatic rings. The Morgan fingerprint density at radius 3 is 2.23 bits per heavy atom. The van der Waals surface area contributed by atoms with Crippen molar-refractivity contribution in [3.8, 4) is 0 Å². The molecule has 1 fully saturated rings. The van der Waals surface area contributed by atoms with Gasteiger partial charge in [-0.3, -0.25) is 4.79 Å². The lowest BCUT2D eigenvalue weighted by Crippen LogP contribution is -2.40. The van der Waals surface area contributed by atoms with Gasteiger partial charge >= 0.3 is 5.97 Å². The van der Waals surface area contributed by atoms with E-state index in [0.29, 0.717) is 19.8 Å². The summed E-state index contributed by atoms with van der Waals surface area (Å²) in [6.45, 7) is 6.23. The molecule has 1 heterocycles. The van der Waals surface area contributed by atoms with Crippen LogP contribution in [0.5, 0.6) is 0 Å². The van der Waals surface area contributed by atoms with E-state index in [1.54, 1.807) is 0 Å². The van der Waals surface area contributed by atoms with Gasteiger partial charge in [0.15, 0.2) is 0 Å². The first-order valence-corrected chi connectivity index (χ1v) is 11.8. The number of piperidine rings is 1. The molecule has 0 radical (unpaired) electrons. The van der Waals surface area contributed by atoms with Crippen LogP contribution < -0.4 is 0 Å². The van der Waals surface area contributed by atoms with E-state index >= 15 is 0 Å². The van der Waals surface area contributed by atoms with Gasteiger partial charge in [-0.15, -0.1) is 0 Å². The van der Waals surface area contributed by atoms with E-state index in [0.717, 1.165) is 48.9 Å². The molecule has 168 valence electrons. The van der Waals surface area contributed by atoms with Crippen LogP contribution in [0.2, 0.25) is 10.0 Å². The SMILES string of the molecule is CCOC(=O)C1CCCN(CCOCCC(c2ccc(Cl)cc2)c2ccc(Cl)cc2)C1. The number of likely N-dealkylation sites (tertiary alicyclic amines) is 1. The lowest BCUT2D eigenvalue weighted by molar-refractivity contribution is -0.150. The number of carbonyl (C=O) groups is 1. The molecule has 0 spiro atoms. The molecule has 0 N–H and O–H groups in total. The maximum atomic E-state index is 12.0. The quantitative estimate of drug-likeness (QED) is 0.329. The minimum atomic E-state index is -0.0677. The highest BCUT2D eigenvalue weighted by Crippen LogP contribution is 2.30. The minimum Gasteiger partial charge on any atom is -0.466 e. The first kappa shape index (κ1) is 24.1. The van der Waals surface area contributed by atoms with Gasteiger partial charge in [0.1, 0.15) is 0 Å². The van der Waals surface area contributed by atoms with Crippen LogP contribution in [0.1, 0.15) is 43.2 Å².